The van der Waals surface area contributed by atoms with Crippen molar-refractivity contribution in [2.75, 3.05) is 184 Å². The van der Waals surface area contributed by atoms with Gasteiger partial charge >= 0.3 is 6.03 Å². The molecule has 123 heavy (non-hydrogen) atoms. The summed E-state index contributed by atoms with van der Waals surface area (Å²) in [6.45, 7) is 13.1. The van der Waals surface area contributed by atoms with Crippen LogP contribution in [-0.2, 0) is 87.5 Å². The monoisotopic (exact) mass is 1710 g/mol. The van der Waals surface area contributed by atoms with Crippen LogP contribution >= 0.6 is 0 Å². The Balaban J connectivity index is 0.446. The molecule has 9 N–H and O–H groups in total. The van der Waals surface area contributed by atoms with E-state index in [4.69, 9.17) is 47.4 Å². The second-order valence-electron chi connectivity index (χ2n) is 29.0. The molecule has 10 amide bonds. The minimum absolute atomic E-state index is 0.0100. The molecule has 2 aliphatic rings. The maximum atomic E-state index is 14.6. The average Bonchev–Trinajstić information content (AvgIpc) is 1.59. The van der Waals surface area contributed by atoms with Gasteiger partial charge in [0.2, 0.25) is 29.4 Å². The van der Waals surface area contributed by atoms with Gasteiger partial charge in [-0.05, 0) is 75.1 Å². The van der Waals surface area contributed by atoms with Crippen molar-refractivity contribution in [3.63, 3.8) is 0 Å². The number of carbonyl (C=O) groups is 9. The van der Waals surface area contributed by atoms with Gasteiger partial charge in [-0.15, -0.1) is 0 Å². The van der Waals surface area contributed by atoms with E-state index < -0.39 is 65.1 Å². The standard InChI is InChI=1S/C81H106F2N22O18/c1-52-71(53(2)123-97-52)54-8-11-62-61(44-54)92-72(63-12-18-89-81(114)105(63)58-9-10-59(82)60(83)47-58)104(62)57-16-24-103(25-17-57)27-29-116-31-33-118-35-37-120-39-41-122-43-42-121-40-38-119-36-34-117-32-30-115-28-23-84-68(106)13-19-88-78(111)74-95-66(50-101(74)6)93-69(107)14-20-87-77(110)65-46-56(49-100(65)5)91-80(113)75-96-67(51-102(75)7)94-70(108)15-21-86-76(109)64-45-55(48-99(64)4)90-79(112)73-85-22-26-98(73)3/h8-11,22,26,44-51,57,63H,12-21,23-25,27-43H2,1-7H3,(H,84,106)(H,86,109)(H,87,110)(H,88,111)(H,89,114)(H,90,112)(H,91,113)(H,93,107)(H,94,108)/t63-/m0/s1. The van der Waals surface area contributed by atoms with E-state index in [1.165, 1.54) is 66.2 Å². The highest BCUT2D eigenvalue weighted by molar-refractivity contribution is 6.05. The number of nitrogens with zero attached hydrogens (tertiary/aromatic N) is 13. The number of halogens is 2. The van der Waals surface area contributed by atoms with Gasteiger partial charge in [-0.3, -0.25) is 43.3 Å². The van der Waals surface area contributed by atoms with E-state index in [0.717, 1.165) is 72.5 Å². The number of amides is 10. The van der Waals surface area contributed by atoms with E-state index in [1.807, 2.05) is 26.0 Å². The average molecular weight is 1710 g/mol. The van der Waals surface area contributed by atoms with Crippen molar-refractivity contribution < 1.29 is 94.3 Å². The lowest BCUT2D eigenvalue weighted by molar-refractivity contribution is -0.121. The van der Waals surface area contributed by atoms with Crippen LogP contribution in [0, 0.1) is 25.5 Å². The number of aromatic nitrogens is 11. The topological polar surface area (TPSA) is 449 Å². The summed E-state index contributed by atoms with van der Waals surface area (Å²) in [5.74, 6) is -4.32. The predicted molar refractivity (Wildman–Crippen MR) is 443 cm³/mol. The highest BCUT2D eigenvalue weighted by atomic mass is 19.2. The summed E-state index contributed by atoms with van der Waals surface area (Å²) in [5, 5.41) is 28.3. The van der Waals surface area contributed by atoms with Crippen LogP contribution in [0.1, 0.15) is 121 Å². The highest BCUT2D eigenvalue weighted by Crippen LogP contribution is 2.40. The number of fused-ring (bicyclic) bond motifs is 1. The second-order valence-corrected chi connectivity index (χ2v) is 29.0. The summed E-state index contributed by atoms with van der Waals surface area (Å²) in [5.41, 5.74) is 5.55. The molecule has 40 nitrogen and oxygen atoms in total. The molecular weight excluding hydrogens is 1610 g/mol. The van der Waals surface area contributed by atoms with Gasteiger partial charge in [0, 0.05) is 167 Å². The van der Waals surface area contributed by atoms with Crippen molar-refractivity contribution >= 4 is 93.0 Å². The molecule has 662 valence electrons. The van der Waals surface area contributed by atoms with E-state index >= 15 is 0 Å². The molecule has 9 heterocycles. The Morgan fingerprint density at radius 1 is 0.504 bits per heavy atom. The summed E-state index contributed by atoms with van der Waals surface area (Å²) in [6.07, 6.45) is 11.0. The molecule has 2 aromatic carbocycles. The number of aryl methyl sites for hydroxylation is 7. The van der Waals surface area contributed by atoms with Crippen LogP contribution in [0.25, 0.3) is 22.2 Å². The summed E-state index contributed by atoms with van der Waals surface area (Å²) in [4.78, 5) is 138. The minimum atomic E-state index is -1.04. The second kappa shape index (κ2) is 45.6. The summed E-state index contributed by atoms with van der Waals surface area (Å²) in [6, 6.07) is 11.7. The van der Waals surface area contributed by atoms with Gasteiger partial charge in [-0.25, -0.2) is 33.5 Å². The van der Waals surface area contributed by atoms with Crippen LogP contribution in [0.15, 0.2) is 90.2 Å². The summed E-state index contributed by atoms with van der Waals surface area (Å²) < 4.78 is 88.9. The minimum Gasteiger partial charge on any atom is -0.378 e. The first-order valence-electron chi connectivity index (χ1n) is 40.5. The lowest BCUT2D eigenvalue weighted by atomic mass is 10.0. The van der Waals surface area contributed by atoms with Crippen molar-refractivity contribution in [3.05, 3.63) is 143 Å². The van der Waals surface area contributed by atoms with Crippen LogP contribution in [-0.4, -0.2) is 269 Å². The molecule has 11 rings (SSSR count). The number of hydrogen-bond donors (Lipinski definition) is 9. The van der Waals surface area contributed by atoms with Crippen LogP contribution in [0.3, 0.4) is 0 Å². The molecule has 0 spiro atoms. The zero-order chi connectivity index (χ0) is 87.3. The molecule has 42 heteroatoms. The van der Waals surface area contributed by atoms with Gasteiger partial charge in [0.1, 0.15) is 23.0 Å². The fourth-order valence-corrected chi connectivity index (χ4v) is 13.9. The first-order chi connectivity index (χ1) is 59.5. The maximum absolute atomic E-state index is 14.6. The number of benzene rings is 2. The van der Waals surface area contributed by atoms with Gasteiger partial charge in [0.25, 0.3) is 29.5 Å². The zero-order valence-corrected chi connectivity index (χ0v) is 69.9. The van der Waals surface area contributed by atoms with Gasteiger partial charge in [-0.2, -0.15) is 0 Å². The number of ether oxygens (including phenoxy) is 8. The van der Waals surface area contributed by atoms with Crippen LogP contribution in [0.5, 0.6) is 0 Å². The Morgan fingerprint density at radius 2 is 1.01 bits per heavy atom. The Hall–Kier alpha value is -12.2. The summed E-state index contributed by atoms with van der Waals surface area (Å²) in [7, 11) is 8.03. The van der Waals surface area contributed by atoms with Crippen LogP contribution in [0.2, 0.25) is 0 Å². The number of nitrogens with one attached hydrogen (secondary N) is 9. The smallest absolute Gasteiger partial charge is 0.322 e. The molecule has 2 fully saturated rings. The number of rotatable bonds is 49. The van der Waals surface area contributed by atoms with Crippen molar-refractivity contribution in [3.8, 4) is 11.1 Å². The molecule has 1 atom stereocenters. The Kier molecular flexibility index (Phi) is 34.0. The van der Waals surface area contributed by atoms with E-state index in [9.17, 15) is 51.9 Å². The van der Waals surface area contributed by atoms with E-state index in [2.05, 4.69) is 83.5 Å². The van der Waals surface area contributed by atoms with Crippen molar-refractivity contribution in [1.29, 1.82) is 0 Å². The number of hydrogen-bond acceptors (Lipinski definition) is 24. The lowest BCUT2D eigenvalue weighted by Gasteiger charge is -2.38. The zero-order valence-electron chi connectivity index (χ0n) is 69.9. The normalized spacial score (nSPS) is 13.8. The maximum Gasteiger partial charge on any atom is 0.322 e. The Bertz CT molecular complexity index is 5080. The quantitative estimate of drug-likeness (QED) is 0.0230. The van der Waals surface area contributed by atoms with E-state index in [1.54, 1.807) is 52.2 Å². The van der Waals surface area contributed by atoms with Gasteiger partial charge < -0.3 is 123 Å². The molecule has 2 saturated heterocycles. The third kappa shape index (κ3) is 26.2. The van der Waals surface area contributed by atoms with Crippen LogP contribution in [0.4, 0.5) is 42.3 Å². The van der Waals surface area contributed by atoms with Crippen LogP contribution < -0.4 is 52.8 Å². The Labute approximate surface area is 707 Å². The van der Waals surface area contributed by atoms with Gasteiger partial charge in [0.15, 0.2) is 29.1 Å². The first kappa shape index (κ1) is 91.6. The highest BCUT2D eigenvalue weighted by Gasteiger charge is 2.37. The number of urea groups is 1. The third-order valence-electron chi connectivity index (χ3n) is 20.0. The Morgan fingerprint density at radius 3 is 1.52 bits per heavy atom. The number of carbonyl (C=O) groups excluding carboxylic acids is 9. The molecule has 0 aliphatic carbocycles. The van der Waals surface area contributed by atoms with E-state index in [-0.39, 0.29) is 116 Å². The molecule has 0 unspecified atom stereocenters. The molecule has 0 radical (unpaired) electrons. The fourth-order valence-electron chi connectivity index (χ4n) is 13.9. The van der Waals surface area contributed by atoms with Gasteiger partial charge in [0.05, 0.1) is 140 Å². The number of anilines is 5. The molecular formula is C81H106F2N22O18. The number of piperidine rings is 1. The first-order valence-corrected chi connectivity index (χ1v) is 40.5. The lowest BCUT2D eigenvalue weighted by Crippen LogP contribution is -2.49. The van der Waals surface area contributed by atoms with Crippen molar-refractivity contribution in [2.24, 2.45) is 35.2 Å². The largest absolute Gasteiger partial charge is 0.378 e. The van der Waals surface area contributed by atoms with E-state index in [0.29, 0.717) is 129 Å². The fraction of sp³-hybridized carbons (Fsp3) is 0.481. The SMILES string of the molecule is Cc1noc(C)c1-c1ccc2c(c1)nc([C@@H]1CCNC(=O)N1c1ccc(F)c(F)c1)n2C1CCN(CCOCCOCCOCCOCCOCCOCCOCCOCCNC(=O)CCNC(=O)c2nc(NC(=O)CCNC(=O)c3cc(NC(=O)c4nc(NC(=O)CCNC(=O)c5cc(NC(=O)c6nccn6C)cn5C)cn4C)cn3C)cn2C)CC1. The summed E-state index contributed by atoms with van der Waals surface area (Å²) >= 11 is 0. The predicted octanol–water partition coefficient (Wildman–Crippen LogP) is 4.85. The third-order valence-corrected chi connectivity index (χ3v) is 20.0. The van der Waals surface area contributed by atoms with Crippen molar-refractivity contribution in [2.45, 2.75) is 64.5 Å². The van der Waals surface area contributed by atoms with Gasteiger partial charge in [-0.1, -0.05) is 11.2 Å². The van der Waals surface area contributed by atoms with Crippen molar-refractivity contribution in [1.82, 2.24) is 84.0 Å². The number of likely N-dealkylation sites (tertiary alicyclic amines) is 1. The molecule has 9 aromatic rings. The molecule has 0 bridgehead atoms. The molecule has 7 aromatic heterocycles. The molecule has 0 saturated carbocycles. The number of imidazole rings is 4. The molecule has 2 aliphatic heterocycles.